The van der Waals surface area contributed by atoms with Crippen LogP contribution in [-0.2, 0) is 15.1 Å². The van der Waals surface area contributed by atoms with Crippen LogP contribution in [0.4, 0.5) is 0 Å². The Hall–Kier alpha value is -3.25. The molecule has 0 radical (unpaired) electrons. The summed E-state index contributed by atoms with van der Waals surface area (Å²) in [7, 11) is 0. The van der Waals surface area contributed by atoms with Crippen molar-refractivity contribution in [1.29, 1.82) is 0 Å². The molecule has 4 heterocycles. The van der Waals surface area contributed by atoms with Crippen LogP contribution in [0.1, 0.15) is 36.0 Å². The Labute approximate surface area is 225 Å². The highest BCUT2D eigenvalue weighted by molar-refractivity contribution is 5.85. The van der Waals surface area contributed by atoms with Crippen molar-refractivity contribution in [2.75, 3.05) is 32.7 Å². The second kappa shape index (κ2) is 10.9. The van der Waals surface area contributed by atoms with Crippen molar-refractivity contribution < 1.29 is 14.6 Å². The minimum absolute atomic E-state index is 0.133. The summed E-state index contributed by atoms with van der Waals surface area (Å²) < 4.78 is 6.37. The molecule has 4 aliphatic heterocycles. The average molecular weight is 509 g/mol. The van der Waals surface area contributed by atoms with Gasteiger partial charge in [-0.05, 0) is 60.5 Å². The summed E-state index contributed by atoms with van der Waals surface area (Å²) in [6.07, 6.45) is 5.19. The lowest BCUT2D eigenvalue weighted by atomic mass is 9.79. The second-order valence-electron chi connectivity index (χ2n) is 10.9. The number of aliphatic hydroxyl groups is 1. The van der Waals surface area contributed by atoms with E-state index in [1.165, 1.54) is 11.1 Å². The number of ether oxygens (including phenoxy) is 1. The fraction of sp³-hybridized carbons (Fsp3) is 0.364. The van der Waals surface area contributed by atoms with Gasteiger partial charge in [0.2, 0.25) is 5.60 Å². The molecule has 3 saturated heterocycles. The van der Waals surface area contributed by atoms with E-state index in [0.29, 0.717) is 17.0 Å². The van der Waals surface area contributed by atoms with Crippen molar-refractivity contribution in [2.24, 2.45) is 5.92 Å². The fourth-order valence-electron chi connectivity index (χ4n) is 6.52. The zero-order valence-electron chi connectivity index (χ0n) is 21.8. The predicted molar refractivity (Wildman–Crippen MR) is 149 cm³/mol. The SMILES string of the molecule is O=C(OC1C2CCN(CC2)C1CN1CC=C(c2ccccc2)CC1)C(O)(c1ccccc1)c1ccccc1. The molecule has 0 saturated carbocycles. The third kappa shape index (κ3) is 4.82. The molecule has 0 spiro atoms. The van der Waals surface area contributed by atoms with Crippen molar-refractivity contribution in [3.8, 4) is 0 Å². The molecule has 38 heavy (non-hydrogen) atoms. The number of fused-ring (bicyclic) bond motifs is 3. The molecule has 3 aromatic rings. The van der Waals surface area contributed by atoms with Crippen molar-refractivity contribution >= 4 is 11.5 Å². The lowest BCUT2D eigenvalue weighted by Gasteiger charge is -2.51. The zero-order valence-corrected chi connectivity index (χ0v) is 21.8. The first-order valence-electron chi connectivity index (χ1n) is 13.9. The normalized spacial score (nSPS) is 25.6. The highest BCUT2D eigenvalue weighted by Gasteiger charge is 2.49. The number of benzene rings is 3. The first-order chi connectivity index (χ1) is 18.6. The zero-order chi connectivity index (χ0) is 26.0. The number of rotatable bonds is 7. The van der Waals surface area contributed by atoms with E-state index in [9.17, 15) is 9.90 Å². The largest absolute Gasteiger partial charge is 0.458 e. The van der Waals surface area contributed by atoms with Gasteiger partial charge in [0.15, 0.2) is 0 Å². The fourth-order valence-corrected chi connectivity index (χ4v) is 6.52. The molecule has 3 aromatic carbocycles. The van der Waals surface area contributed by atoms with Crippen LogP contribution < -0.4 is 0 Å². The van der Waals surface area contributed by atoms with Gasteiger partial charge in [-0.1, -0.05) is 97.1 Å². The van der Waals surface area contributed by atoms with E-state index >= 15 is 0 Å². The number of hydrogen-bond donors (Lipinski definition) is 1. The molecule has 0 aromatic heterocycles. The highest BCUT2D eigenvalue weighted by atomic mass is 16.6. The molecule has 3 fully saturated rings. The summed E-state index contributed by atoms with van der Waals surface area (Å²) in [4.78, 5) is 18.9. The van der Waals surface area contributed by atoms with Crippen LogP contribution in [0.25, 0.3) is 5.57 Å². The molecule has 2 bridgehead atoms. The maximum atomic E-state index is 13.9. The van der Waals surface area contributed by atoms with Crippen LogP contribution in [-0.4, -0.2) is 65.7 Å². The molecule has 196 valence electrons. The summed E-state index contributed by atoms with van der Waals surface area (Å²) in [6, 6.07) is 29.1. The van der Waals surface area contributed by atoms with Gasteiger partial charge >= 0.3 is 5.97 Å². The Balaban J connectivity index is 1.22. The number of esters is 1. The monoisotopic (exact) mass is 508 g/mol. The Morgan fingerprint density at radius 3 is 1.97 bits per heavy atom. The Kier molecular flexibility index (Phi) is 7.16. The Morgan fingerprint density at radius 2 is 1.42 bits per heavy atom. The summed E-state index contributed by atoms with van der Waals surface area (Å²) >= 11 is 0. The third-order valence-corrected chi connectivity index (χ3v) is 8.69. The van der Waals surface area contributed by atoms with Gasteiger partial charge in [0.1, 0.15) is 6.10 Å². The smallest absolute Gasteiger partial charge is 0.348 e. The first-order valence-corrected chi connectivity index (χ1v) is 13.9. The summed E-state index contributed by atoms with van der Waals surface area (Å²) in [5.74, 6) is -0.256. The van der Waals surface area contributed by atoms with Crippen molar-refractivity contribution in [1.82, 2.24) is 9.80 Å². The number of piperidine rings is 3. The van der Waals surface area contributed by atoms with Gasteiger partial charge in [-0.25, -0.2) is 4.79 Å². The van der Waals surface area contributed by atoms with E-state index < -0.39 is 11.6 Å². The van der Waals surface area contributed by atoms with E-state index in [2.05, 4.69) is 46.2 Å². The standard InChI is InChI=1S/C33H36N2O3/c36-32(33(37,28-12-6-2-7-13-28)29-14-8-3-9-15-29)38-31-27-18-22-35(23-19-27)30(31)24-34-20-16-26(17-21-34)25-10-4-1-5-11-25/h1-16,27,30-31,37H,17-24H2. The van der Waals surface area contributed by atoms with Gasteiger partial charge in [-0.15, -0.1) is 0 Å². The highest BCUT2D eigenvalue weighted by Crippen LogP contribution is 2.38. The van der Waals surface area contributed by atoms with Crippen molar-refractivity contribution in [3.63, 3.8) is 0 Å². The molecule has 7 rings (SSSR count). The number of carbonyl (C=O) groups excluding carboxylic acids is 1. The third-order valence-electron chi connectivity index (χ3n) is 8.69. The predicted octanol–water partition coefficient (Wildman–Crippen LogP) is 4.72. The maximum Gasteiger partial charge on any atom is 0.348 e. The number of nitrogens with zero attached hydrogens (tertiary/aromatic N) is 2. The van der Waals surface area contributed by atoms with Gasteiger partial charge in [0.25, 0.3) is 0 Å². The molecule has 4 aliphatic rings. The summed E-state index contributed by atoms with van der Waals surface area (Å²) in [6.45, 7) is 4.85. The van der Waals surface area contributed by atoms with E-state index in [0.717, 1.165) is 52.0 Å². The van der Waals surface area contributed by atoms with Crippen LogP contribution in [0.3, 0.4) is 0 Å². The van der Waals surface area contributed by atoms with Crippen LogP contribution >= 0.6 is 0 Å². The topological polar surface area (TPSA) is 53.0 Å². The van der Waals surface area contributed by atoms with Crippen LogP contribution in [0.15, 0.2) is 97.1 Å². The Morgan fingerprint density at radius 1 is 0.842 bits per heavy atom. The minimum Gasteiger partial charge on any atom is -0.458 e. The van der Waals surface area contributed by atoms with Crippen molar-refractivity contribution in [3.05, 3.63) is 114 Å². The molecule has 2 atom stereocenters. The molecule has 5 heteroatoms. The Bertz CT molecular complexity index is 1210. The molecular formula is C33H36N2O3. The summed E-state index contributed by atoms with van der Waals surface area (Å²) in [5, 5.41) is 12.0. The van der Waals surface area contributed by atoms with Gasteiger partial charge in [-0.2, -0.15) is 0 Å². The quantitative estimate of drug-likeness (QED) is 0.468. The maximum absolute atomic E-state index is 13.9. The van der Waals surface area contributed by atoms with Gasteiger partial charge in [0, 0.05) is 19.6 Å². The van der Waals surface area contributed by atoms with Gasteiger partial charge < -0.3 is 9.84 Å². The van der Waals surface area contributed by atoms with E-state index in [4.69, 9.17) is 4.74 Å². The lowest BCUT2D eigenvalue weighted by Crippen LogP contribution is -2.63. The van der Waals surface area contributed by atoms with Gasteiger partial charge in [0.05, 0.1) is 6.04 Å². The molecule has 5 nitrogen and oxygen atoms in total. The number of carbonyl (C=O) groups is 1. The average Bonchev–Trinajstić information content (AvgIpc) is 3.00. The van der Waals surface area contributed by atoms with E-state index in [1.54, 1.807) is 24.3 Å². The van der Waals surface area contributed by atoms with E-state index in [-0.39, 0.29) is 12.1 Å². The molecular weight excluding hydrogens is 472 g/mol. The molecule has 1 N–H and O–H groups in total. The lowest BCUT2D eigenvalue weighted by molar-refractivity contribution is -0.184. The van der Waals surface area contributed by atoms with Crippen LogP contribution in [0.5, 0.6) is 0 Å². The minimum atomic E-state index is -1.85. The number of hydrogen-bond acceptors (Lipinski definition) is 5. The van der Waals surface area contributed by atoms with Crippen LogP contribution in [0, 0.1) is 5.92 Å². The molecule has 2 unspecified atom stereocenters. The van der Waals surface area contributed by atoms with Crippen molar-refractivity contribution in [2.45, 2.75) is 37.0 Å². The van der Waals surface area contributed by atoms with Crippen LogP contribution in [0.2, 0.25) is 0 Å². The molecule has 0 amide bonds. The van der Waals surface area contributed by atoms with Gasteiger partial charge in [-0.3, -0.25) is 9.80 Å². The second-order valence-corrected chi connectivity index (χ2v) is 10.9. The molecule has 0 aliphatic carbocycles. The summed E-state index contributed by atoms with van der Waals surface area (Å²) in [5.41, 5.74) is 1.93. The first kappa shape index (κ1) is 25.1. The van der Waals surface area contributed by atoms with E-state index in [1.807, 2.05) is 36.4 Å².